The van der Waals surface area contributed by atoms with Gasteiger partial charge in [-0.1, -0.05) is 30.3 Å². The summed E-state index contributed by atoms with van der Waals surface area (Å²) in [6, 6.07) is 20.8. The molecule has 0 bridgehead atoms. The molecular formula is C31H34F3NO8. The minimum absolute atomic E-state index is 0.0557. The zero-order valence-electron chi connectivity index (χ0n) is 23.6. The number of aliphatic carboxylic acids is 1. The lowest BCUT2D eigenvalue weighted by molar-refractivity contribution is -0.274. The summed E-state index contributed by atoms with van der Waals surface area (Å²) in [6.07, 6.45) is -5.00. The number of carbonyl (C=O) groups is 2. The zero-order valence-corrected chi connectivity index (χ0v) is 23.6. The van der Waals surface area contributed by atoms with E-state index < -0.39 is 30.3 Å². The van der Waals surface area contributed by atoms with Crippen molar-refractivity contribution in [1.29, 1.82) is 0 Å². The largest absolute Gasteiger partial charge is 0.573 e. The summed E-state index contributed by atoms with van der Waals surface area (Å²) < 4.78 is 63.3. The number of rotatable bonds is 17. The predicted octanol–water partition coefficient (Wildman–Crippen LogP) is 6.36. The predicted molar refractivity (Wildman–Crippen MR) is 151 cm³/mol. The molecule has 3 aromatic rings. The lowest BCUT2D eigenvalue weighted by atomic mass is 10.1. The Kier molecular flexibility index (Phi) is 13.0. The van der Waals surface area contributed by atoms with Crippen LogP contribution in [0.4, 0.5) is 18.0 Å². The number of carboxylic acids is 1. The molecule has 0 aliphatic heterocycles. The molecule has 1 unspecified atom stereocenters. The highest BCUT2D eigenvalue weighted by Crippen LogP contribution is 2.25. The molecule has 0 fully saturated rings. The molecule has 0 radical (unpaired) electrons. The molecule has 3 aromatic carbocycles. The molecule has 43 heavy (non-hydrogen) atoms. The topological polar surface area (TPSA) is 104 Å². The number of para-hydroxylation sites is 1. The van der Waals surface area contributed by atoms with E-state index in [1.54, 1.807) is 31.2 Å². The van der Waals surface area contributed by atoms with Gasteiger partial charge in [0.15, 0.2) is 6.10 Å². The van der Waals surface area contributed by atoms with Crippen LogP contribution in [0.2, 0.25) is 0 Å². The maximum atomic E-state index is 13.0. The lowest BCUT2D eigenvalue weighted by Gasteiger charge is -2.22. The zero-order chi connectivity index (χ0) is 31.1. The quantitative estimate of drug-likeness (QED) is 0.178. The number of ether oxygens (including phenoxy) is 5. The number of alkyl halides is 3. The van der Waals surface area contributed by atoms with E-state index >= 15 is 0 Å². The minimum Gasteiger partial charge on any atom is -0.494 e. The number of carboxylic acid groups (broad SMARTS) is 1. The van der Waals surface area contributed by atoms with Crippen molar-refractivity contribution in [3.05, 3.63) is 84.4 Å². The van der Waals surface area contributed by atoms with E-state index in [2.05, 4.69) is 4.74 Å². The van der Waals surface area contributed by atoms with E-state index in [1.807, 2.05) is 30.3 Å². The second-order valence-electron chi connectivity index (χ2n) is 9.22. The third-order valence-corrected chi connectivity index (χ3v) is 5.97. The third-order valence-electron chi connectivity index (χ3n) is 5.97. The summed E-state index contributed by atoms with van der Waals surface area (Å²) in [5, 5.41) is 9.28. The Balaban J connectivity index is 1.54. The molecule has 0 spiro atoms. The Morgan fingerprint density at radius 2 is 1.40 bits per heavy atom. The molecule has 232 valence electrons. The highest BCUT2D eigenvalue weighted by molar-refractivity contribution is 5.72. The second kappa shape index (κ2) is 16.9. The fraction of sp³-hybridized carbons (Fsp3) is 0.355. The molecule has 12 heteroatoms. The monoisotopic (exact) mass is 605 g/mol. The van der Waals surface area contributed by atoms with Gasteiger partial charge in [0, 0.05) is 19.6 Å². The molecule has 0 aromatic heterocycles. The van der Waals surface area contributed by atoms with Crippen LogP contribution < -0.4 is 18.9 Å². The Morgan fingerprint density at radius 3 is 2.02 bits per heavy atom. The van der Waals surface area contributed by atoms with Crippen molar-refractivity contribution >= 4 is 12.1 Å². The molecule has 0 saturated carbocycles. The maximum Gasteiger partial charge on any atom is 0.573 e. The van der Waals surface area contributed by atoms with Crippen LogP contribution in [-0.2, 0) is 16.0 Å². The van der Waals surface area contributed by atoms with Gasteiger partial charge >= 0.3 is 18.4 Å². The fourth-order valence-corrected chi connectivity index (χ4v) is 3.91. The standard InChI is InChI=1S/C31H34F3NO8/c1-2-39-28(29(36)37)22-23-10-12-25(13-11-23)41-21-19-35(18-6-7-20-40-24-8-4-3-5-9-24)30(38)42-26-14-16-27(17-15-26)43-31(32,33)34/h3-5,8-17,28H,2,6-7,18-22H2,1H3,(H,36,37). The summed E-state index contributed by atoms with van der Waals surface area (Å²) in [5.41, 5.74) is 0.766. The molecule has 9 nitrogen and oxygen atoms in total. The van der Waals surface area contributed by atoms with Crippen LogP contribution in [-0.4, -0.2) is 67.4 Å². The van der Waals surface area contributed by atoms with Crippen LogP contribution >= 0.6 is 0 Å². The molecule has 1 atom stereocenters. The summed E-state index contributed by atoms with van der Waals surface area (Å²) in [6.45, 7) is 3.08. The van der Waals surface area contributed by atoms with Crippen molar-refractivity contribution < 1.29 is 51.6 Å². The van der Waals surface area contributed by atoms with Crippen LogP contribution in [0, 0.1) is 0 Å². The Bertz CT molecular complexity index is 1250. The highest BCUT2D eigenvalue weighted by Gasteiger charge is 2.31. The number of halogens is 3. The van der Waals surface area contributed by atoms with Gasteiger partial charge < -0.3 is 33.7 Å². The number of hydrogen-bond donors (Lipinski definition) is 1. The van der Waals surface area contributed by atoms with Gasteiger partial charge in [0.1, 0.15) is 29.6 Å². The van der Waals surface area contributed by atoms with Gasteiger partial charge in [-0.25, -0.2) is 9.59 Å². The first-order valence-electron chi connectivity index (χ1n) is 13.7. The van der Waals surface area contributed by atoms with E-state index in [9.17, 15) is 27.9 Å². The van der Waals surface area contributed by atoms with E-state index in [-0.39, 0.29) is 31.9 Å². The van der Waals surface area contributed by atoms with Gasteiger partial charge in [-0.05, 0) is 73.9 Å². The number of amides is 1. The van der Waals surface area contributed by atoms with Crippen LogP contribution in [0.25, 0.3) is 0 Å². The van der Waals surface area contributed by atoms with Crippen molar-refractivity contribution in [3.8, 4) is 23.0 Å². The molecule has 0 heterocycles. The summed E-state index contributed by atoms with van der Waals surface area (Å²) in [4.78, 5) is 25.7. The smallest absolute Gasteiger partial charge is 0.494 e. The first-order chi connectivity index (χ1) is 20.6. The molecule has 1 amide bonds. The van der Waals surface area contributed by atoms with Crippen LogP contribution in [0.3, 0.4) is 0 Å². The SMILES string of the molecule is CCOC(Cc1ccc(OCCN(CCCCOc2ccccc2)C(=O)Oc2ccc(OC(F)(F)F)cc2)cc1)C(=O)O. The summed E-state index contributed by atoms with van der Waals surface area (Å²) in [7, 11) is 0. The first-order valence-corrected chi connectivity index (χ1v) is 13.7. The van der Waals surface area contributed by atoms with Crippen molar-refractivity contribution in [3.63, 3.8) is 0 Å². The number of benzene rings is 3. The van der Waals surface area contributed by atoms with Crippen LogP contribution in [0.15, 0.2) is 78.9 Å². The minimum atomic E-state index is -4.83. The summed E-state index contributed by atoms with van der Waals surface area (Å²) >= 11 is 0. The van der Waals surface area contributed by atoms with Crippen LogP contribution in [0.5, 0.6) is 23.0 Å². The first kappa shape index (κ1) is 33.1. The lowest BCUT2D eigenvalue weighted by Crippen LogP contribution is -2.37. The van der Waals surface area contributed by atoms with Crippen LogP contribution in [0.1, 0.15) is 25.3 Å². The van der Waals surface area contributed by atoms with E-state index in [1.165, 1.54) is 17.0 Å². The Morgan fingerprint density at radius 1 is 0.791 bits per heavy atom. The highest BCUT2D eigenvalue weighted by atomic mass is 19.4. The number of unbranched alkanes of at least 4 members (excludes halogenated alkanes) is 1. The number of hydrogen-bond acceptors (Lipinski definition) is 7. The average Bonchev–Trinajstić information content (AvgIpc) is 2.97. The van der Waals surface area contributed by atoms with Crippen molar-refractivity contribution in [2.24, 2.45) is 0 Å². The average molecular weight is 606 g/mol. The normalized spacial score (nSPS) is 11.8. The fourth-order valence-electron chi connectivity index (χ4n) is 3.91. The molecule has 0 saturated heterocycles. The number of carbonyl (C=O) groups excluding carboxylic acids is 1. The van der Waals surface area contributed by atoms with Gasteiger partial charge in [-0.3, -0.25) is 0 Å². The Labute approximate surface area is 247 Å². The van der Waals surface area contributed by atoms with Crippen molar-refractivity contribution in [2.45, 2.75) is 38.7 Å². The molecule has 0 aliphatic rings. The van der Waals surface area contributed by atoms with Gasteiger partial charge in [-0.15, -0.1) is 13.2 Å². The van der Waals surface area contributed by atoms with E-state index in [0.717, 1.165) is 23.4 Å². The molecule has 1 N–H and O–H groups in total. The third kappa shape index (κ3) is 12.5. The Hall–Kier alpha value is -4.45. The van der Waals surface area contributed by atoms with Crippen molar-refractivity contribution in [2.75, 3.05) is 32.9 Å². The molecular weight excluding hydrogens is 571 g/mol. The second-order valence-corrected chi connectivity index (χ2v) is 9.22. The van der Waals surface area contributed by atoms with Gasteiger partial charge in [0.2, 0.25) is 0 Å². The molecule has 3 rings (SSSR count). The van der Waals surface area contributed by atoms with E-state index in [0.29, 0.717) is 31.7 Å². The number of nitrogens with zero attached hydrogens (tertiary/aromatic N) is 1. The van der Waals surface area contributed by atoms with Gasteiger partial charge in [0.25, 0.3) is 0 Å². The van der Waals surface area contributed by atoms with E-state index in [4.69, 9.17) is 18.9 Å². The summed E-state index contributed by atoms with van der Waals surface area (Å²) in [5.74, 6) is -0.144. The van der Waals surface area contributed by atoms with Gasteiger partial charge in [-0.2, -0.15) is 0 Å². The maximum absolute atomic E-state index is 13.0. The molecule has 0 aliphatic carbocycles. The van der Waals surface area contributed by atoms with Crippen molar-refractivity contribution in [1.82, 2.24) is 4.90 Å². The van der Waals surface area contributed by atoms with Gasteiger partial charge in [0.05, 0.1) is 13.2 Å².